The van der Waals surface area contributed by atoms with Gasteiger partial charge in [0.1, 0.15) is 12.1 Å². The van der Waals surface area contributed by atoms with Gasteiger partial charge in [-0.3, -0.25) is 0 Å². The second-order valence-corrected chi connectivity index (χ2v) is 6.78. The molecular weight excluding hydrogens is 270 g/mol. The summed E-state index contributed by atoms with van der Waals surface area (Å²) in [6, 6.07) is 20.0. The molecule has 2 aromatic rings. The van der Waals surface area contributed by atoms with Crippen LogP contribution in [0.25, 0.3) is 0 Å². The summed E-state index contributed by atoms with van der Waals surface area (Å²) in [5, 5.41) is 11.7. The van der Waals surface area contributed by atoms with Crippen molar-refractivity contribution in [1.82, 2.24) is 0 Å². The monoisotopic (exact) mass is 294 g/mol. The maximum absolute atomic E-state index is 11.7. The van der Waals surface area contributed by atoms with E-state index in [1.807, 2.05) is 60.7 Å². The van der Waals surface area contributed by atoms with Gasteiger partial charge >= 0.3 is 0 Å². The zero-order chi connectivity index (χ0) is 15.6. The maximum Gasteiger partial charge on any atom is 0.141 e. The predicted molar refractivity (Wildman–Crippen MR) is 90.4 cm³/mol. The van der Waals surface area contributed by atoms with Gasteiger partial charge in [-0.2, -0.15) is 0 Å². The van der Waals surface area contributed by atoms with E-state index in [1.165, 1.54) is 0 Å². The normalized spacial score (nSPS) is 17.9. The number of benzene rings is 2. The van der Waals surface area contributed by atoms with Gasteiger partial charge in [0.25, 0.3) is 0 Å². The summed E-state index contributed by atoms with van der Waals surface area (Å²) in [5.74, 6) is 0. The Kier molecular flexibility index (Phi) is 3.90. The molecule has 0 unspecified atom stereocenters. The van der Waals surface area contributed by atoms with Crippen LogP contribution in [0.2, 0.25) is 0 Å². The predicted octanol–water partition coefficient (Wildman–Crippen LogP) is 3.33. The van der Waals surface area contributed by atoms with Crippen molar-refractivity contribution in [2.24, 2.45) is 0 Å². The molecule has 0 saturated carbocycles. The van der Waals surface area contributed by atoms with Crippen molar-refractivity contribution >= 4 is 0 Å². The molecule has 22 heavy (non-hydrogen) atoms. The minimum atomic E-state index is -1.04. The van der Waals surface area contributed by atoms with Gasteiger partial charge in [0.05, 0.1) is 20.6 Å². The molecule has 0 fully saturated rings. The Morgan fingerprint density at radius 1 is 0.864 bits per heavy atom. The molecule has 0 bridgehead atoms. The van der Waals surface area contributed by atoms with E-state index in [-0.39, 0.29) is 0 Å². The molecule has 2 heteroatoms. The Labute approximate surface area is 132 Å². The van der Waals surface area contributed by atoms with E-state index in [0.29, 0.717) is 0 Å². The molecule has 2 nitrogen and oxygen atoms in total. The molecule has 0 aliphatic carbocycles. The van der Waals surface area contributed by atoms with Crippen LogP contribution < -0.4 is 0 Å². The van der Waals surface area contributed by atoms with Gasteiger partial charge in [0, 0.05) is 12.0 Å². The van der Waals surface area contributed by atoms with Crippen LogP contribution in [0.5, 0.6) is 0 Å². The Bertz CT molecular complexity index is 619. The molecular formula is C20H24NO+. The zero-order valence-corrected chi connectivity index (χ0v) is 13.4. The van der Waals surface area contributed by atoms with Gasteiger partial charge in [0.2, 0.25) is 0 Å². The third-order valence-corrected chi connectivity index (χ3v) is 4.57. The van der Waals surface area contributed by atoms with Crippen LogP contribution >= 0.6 is 0 Å². The number of hydrogen-bond donors (Lipinski definition) is 1. The van der Waals surface area contributed by atoms with Crippen LogP contribution in [-0.2, 0) is 5.60 Å². The van der Waals surface area contributed by atoms with Crippen LogP contribution in [-0.4, -0.2) is 36.8 Å². The molecule has 0 saturated heterocycles. The highest BCUT2D eigenvalue weighted by Crippen LogP contribution is 2.39. The Balaban J connectivity index is 2.14. The first-order chi connectivity index (χ1) is 10.5. The van der Waals surface area contributed by atoms with Gasteiger partial charge in [0.15, 0.2) is 0 Å². The number of quaternary nitrogens is 1. The molecule has 114 valence electrons. The molecule has 1 aliphatic heterocycles. The highest BCUT2D eigenvalue weighted by atomic mass is 16.3. The molecule has 1 heterocycles. The molecule has 0 amide bonds. The number of aliphatic hydroxyl groups is 1. The largest absolute Gasteiger partial charge is 0.376 e. The highest BCUT2D eigenvalue weighted by molar-refractivity contribution is 5.45. The average molecular weight is 294 g/mol. The Morgan fingerprint density at radius 2 is 1.36 bits per heavy atom. The first kappa shape index (κ1) is 15.0. The summed E-state index contributed by atoms with van der Waals surface area (Å²) in [4.78, 5) is 0. The second-order valence-electron chi connectivity index (χ2n) is 6.78. The van der Waals surface area contributed by atoms with Crippen molar-refractivity contribution in [3.63, 3.8) is 0 Å². The van der Waals surface area contributed by atoms with E-state index in [9.17, 15) is 5.11 Å². The van der Waals surface area contributed by atoms with E-state index >= 15 is 0 Å². The topological polar surface area (TPSA) is 20.2 Å². The Hall–Kier alpha value is -1.90. The van der Waals surface area contributed by atoms with Crippen molar-refractivity contribution in [3.8, 4) is 0 Å². The third kappa shape index (κ3) is 2.72. The van der Waals surface area contributed by atoms with Crippen molar-refractivity contribution in [3.05, 3.63) is 83.4 Å². The summed E-state index contributed by atoms with van der Waals surface area (Å²) in [6.45, 7) is 1.98. The van der Waals surface area contributed by atoms with Crippen molar-refractivity contribution in [1.29, 1.82) is 0 Å². The van der Waals surface area contributed by atoms with E-state index in [4.69, 9.17) is 0 Å². The lowest BCUT2D eigenvalue weighted by Gasteiger charge is -2.40. The highest BCUT2D eigenvalue weighted by Gasteiger charge is 2.40. The SMILES string of the molecule is C[N+]1(C)CCC=C(C(O)(c2ccccc2)c2ccccc2)C1. The van der Waals surface area contributed by atoms with Crippen molar-refractivity contribution < 1.29 is 9.59 Å². The number of hydrogen-bond acceptors (Lipinski definition) is 1. The summed E-state index contributed by atoms with van der Waals surface area (Å²) in [5.41, 5.74) is 1.93. The lowest BCUT2D eigenvalue weighted by molar-refractivity contribution is -0.887. The van der Waals surface area contributed by atoms with Crippen LogP contribution in [0.4, 0.5) is 0 Å². The second kappa shape index (κ2) is 5.71. The fraction of sp³-hybridized carbons (Fsp3) is 0.300. The molecule has 0 aromatic heterocycles. The first-order valence-corrected chi connectivity index (χ1v) is 7.87. The van der Waals surface area contributed by atoms with Crippen LogP contribution in [0.1, 0.15) is 17.5 Å². The van der Waals surface area contributed by atoms with E-state index in [0.717, 1.165) is 40.7 Å². The van der Waals surface area contributed by atoms with Crippen molar-refractivity contribution in [2.45, 2.75) is 12.0 Å². The minimum absolute atomic E-state index is 0.861. The molecule has 0 radical (unpaired) electrons. The van der Waals surface area contributed by atoms with Crippen molar-refractivity contribution in [2.75, 3.05) is 27.2 Å². The Morgan fingerprint density at radius 3 is 1.82 bits per heavy atom. The first-order valence-electron chi connectivity index (χ1n) is 7.87. The fourth-order valence-corrected chi connectivity index (χ4v) is 3.35. The standard InChI is InChI=1S/C20H24NO/c1-21(2)15-9-14-19(16-21)20(22,17-10-5-3-6-11-17)18-12-7-4-8-13-18/h3-8,10-14,22H,9,15-16H2,1-2H3/q+1. The van der Waals surface area contributed by atoms with E-state index in [1.54, 1.807) is 0 Å². The number of likely N-dealkylation sites (N-methyl/N-ethyl adjacent to an activating group) is 1. The summed E-state index contributed by atoms with van der Waals surface area (Å²) in [6.07, 6.45) is 3.23. The van der Waals surface area contributed by atoms with Crippen LogP contribution in [0, 0.1) is 0 Å². The van der Waals surface area contributed by atoms with Crippen LogP contribution in [0.3, 0.4) is 0 Å². The van der Waals surface area contributed by atoms with E-state index in [2.05, 4.69) is 20.2 Å². The molecule has 2 aromatic carbocycles. The number of nitrogens with zero attached hydrogens (tertiary/aromatic N) is 1. The van der Waals surface area contributed by atoms with Gasteiger partial charge in [-0.1, -0.05) is 66.7 Å². The molecule has 1 N–H and O–H groups in total. The molecule has 3 rings (SSSR count). The fourth-order valence-electron chi connectivity index (χ4n) is 3.35. The van der Waals surface area contributed by atoms with Gasteiger partial charge < -0.3 is 9.59 Å². The van der Waals surface area contributed by atoms with Gasteiger partial charge in [-0.15, -0.1) is 0 Å². The average Bonchev–Trinajstić information content (AvgIpc) is 2.55. The zero-order valence-electron chi connectivity index (χ0n) is 13.4. The van der Waals surface area contributed by atoms with Crippen LogP contribution in [0.15, 0.2) is 72.3 Å². The third-order valence-electron chi connectivity index (χ3n) is 4.57. The molecule has 1 aliphatic rings. The lowest BCUT2D eigenvalue weighted by atomic mass is 9.78. The number of rotatable bonds is 3. The lowest BCUT2D eigenvalue weighted by Crippen LogP contribution is -2.48. The molecule has 0 spiro atoms. The minimum Gasteiger partial charge on any atom is -0.376 e. The van der Waals surface area contributed by atoms with Gasteiger partial charge in [-0.25, -0.2) is 0 Å². The summed E-state index contributed by atoms with van der Waals surface area (Å²) < 4.78 is 0.911. The summed E-state index contributed by atoms with van der Waals surface area (Å²) in [7, 11) is 4.45. The quantitative estimate of drug-likeness (QED) is 0.680. The van der Waals surface area contributed by atoms with Gasteiger partial charge in [-0.05, 0) is 11.1 Å². The maximum atomic E-state index is 11.7. The van der Waals surface area contributed by atoms with E-state index < -0.39 is 5.60 Å². The molecule has 0 atom stereocenters. The summed E-state index contributed by atoms with van der Waals surface area (Å²) >= 11 is 0. The smallest absolute Gasteiger partial charge is 0.141 e.